The highest BCUT2D eigenvalue weighted by molar-refractivity contribution is 7.10. The first-order chi connectivity index (χ1) is 12.7. The third kappa shape index (κ3) is 4.80. The molecule has 6 heteroatoms. The lowest BCUT2D eigenvalue weighted by atomic mass is 10.2. The molecule has 0 saturated carbocycles. The van der Waals surface area contributed by atoms with Gasteiger partial charge in [0.25, 0.3) is 5.91 Å². The van der Waals surface area contributed by atoms with Gasteiger partial charge in [-0.2, -0.15) is 0 Å². The fourth-order valence-electron chi connectivity index (χ4n) is 2.50. The van der Waals surface area contributed by atoms with Gasteiger partial charge in [0.15, 0.2) is 0 Å². The van der Waals surface area contributed by atoms with E-state index in [2.05, 4.69) is 11.6 Å². The summed E-state index contributed by atoms with van der Waals surface area (Å²) >= 11 is 3.24. The second kappa shape index (κ2) is 8.78. The van der Waals surface area contributed by atoms with Crippen molar-refractivity contribution in [1.82, 2.24) is 9.88 Å². The Hall–Kier alpha value is -2.44. The van der Waals surface area contributed by atoms with Gasteiger partial charge >= 0.3 is 0 Å². The Bertz CT molecular complexity index is 872. The summed E-state index contributed by atoms with van der Waals surface area (Å²) in [7, 11) is 0. The number of nitrogens with zero attached hydrogens (tertiary/aromatic N) is 2. The van der Waals surface area contributed by atoms with Gasteiger partial charge in [0.05, 0.1) is 17.2 Å². The zero-order valence-electron chi connectivity index (χ0n) is 14.6. The van der Waals surface area contributed by atoms with Gasteiger partial charge in [0, 0.05) is 22.4 Å². The van der Waals surface area contributed by atoms with E-state index in [0.29, 0.717) is 31.0 Å². The number of hydrogen-bond acceptors (Lipinski definition) is 5. The predicted molar refractivity (Wildman–Crippen MR) is 107 cm³/mol. The van der Waals surface area contributed by atoms with Crippen LogP contribution in [-0.2, 0) is 13.2 Å². The van der Waals surface area contributed by atoms with E-state index >= 15 is 0 Å². The van der Waals surface area contributed by atoms with E-state index in [1.54, 1.807) is 39.7 Å². The zero-order chi connectivity index (χ0) is 18.4. The van der Waals surface area contributed by atoms with Crippen LogP contribution in [0.2, 0.25) is 0 Å². The maximum atomic E-state index is 12.9. The molecule has 0 atom stereocenters. The van der Waals surface area contributed by atoms with Crippen LogP contribution in [0.5, 0.6) is 5.75 Å². The molecule has 0 saturated heterocycles. The van der Waals surface area contributed by atoms with Crippen LogP contribution in [0.1, 0.15) is 25.9 Å². The van der Waals surface area contributed by atoms with E-state index in [1.807, 2.05) is 48.0 Å². The number of benzene rings is 1. The molecule has 2 heterocycles. The summed E-state index contributed by atoms with van der Waals surface area (Å²) in [4.78, 5) is 20.2. The van der Waals surface area contributed by atoms with Crippen molar-refractivity contribution in [2.45, 2.75) is 20.1 Å². The molecular weight excluding hydrogens is 364 g/mol. The number of carbonyl (C=O) groups excluding carboxylic acids is 1. The molecule has 0 bridgehead atoms. The number of aryl methyl sites for hydroxylation is 1. The molecule has 0 spiro atoms. The Balaban J connectivity index is 1.70. The molecule has 0 fully saturated rings. The van der Waals surface area contributed by atoms with Gasteiger partial charge in [-0.3, -0.25) is 4.79 Å². The van der Waals surface area contributed by atoms with E-state index < -0.39 is 0 Å². The summed E-state index contributed by atoms with van der Waals surface area (Å²) < 4.78 is 5.80. The van der Waals surface area contributed by atoms with E-state index in [0.717, 1.165) is 15.6 Å². The lowest BCUT2D eigenvalue weighted by Gasteiger charge is -2.20. The Kier molecular flexibility index (Phi) is 6.20. The number of aromatic nitrogens is 1. The zero-order valence-corrected chi connectivity index (χ0v) is 16.2. The SMILES string of the molecule is C=CCN(Cc1cccs1)C(=O)c1cccc(OCc2csc(C)n2)c1. The largest absolute Gasteiger partial charge is 0.487 e. The summed E-state index contributed by atoms with van der Waals surface area (Å²) in [5.74, 6) is 0.629. The van der Waals surface area contributed by atoms with Gasteiger partial charge in [0.2, 0.25) is 0 Å². The van der Waals surface area contributed by atoms with Crippen LogP contribution in [0.25, 0.3) is 0 Å². The second-order valence-electron chi connectivity index (χ2n) is 5.73. The summed E-state index contributed by atoms with van der Waals surface area (Å²) in [5, 5.41) is 5.01. The molecule has 0 aliphatic heterocycles. The highest BCUT2D eigenvalue weighted by Crippen LogP contribution is 2.19. The van der Waals surface area contributed by atoms with E-state index in [1.165, 1.54) is 0 Å². The molecule has 26 heavy (non-hydrogen) atoms. The fraction of sp³-hybridized carbons (Fsp3) is 0.200. The first kappa shape index (κ1) is 18.4. The fourth-order valence-corrected chi connectivity index (χ4v) is 3.82. The maximum absolute atomic E-state index is 12.9. The normalized spacial score (nSPS) is 10.5. The quantitative estimate of drug-likeness (QED) is 0.518. The molecule has 4 nitrogen and oxygen atoms in total. The van der Waals surface area contributed by atoms with Crippen molar-refractivity contribution in [2.75, 3.05) is 6.54 Å². The molecule has 3 rings (SSSR count). The molecule has 0 aliphatic carbocycles. The average Bonchev–Trinajstić information content (AvgIpc) is 3.31. The van der Waals surface area contributed by atoms with Crippen LogP contribution >= 0.6 is 22.7 Å². The number of carbonyl (C=O) groups is 1. The number of ether oxygens (including phenoxy) is 1. The number of amides is 1. The minimum atomic E-state index is -0.0340. The third-order valence-electron chi connectivity index (χ3n) is 3.70. The van der Waals surface area contributed by atoms with Crippen LogP contribution in [0, 0.1) is 6.92 Å². The Morgan fingerprint density at radius 1 is 1.31 bits per heavy atom. The summed E-state index contributed by atoms with van der Waals surface area (Å²) in [6.07, 6.45) is 1.75. The van der Waals surface area contributed by atoms with Gasteiger partial charge in [-0.1, -0.05) is 18.2 Å². The van der Waals surface area contributed by atoms with E-state index in [-0.39, 0.29) is 5.91 Å². The molecule has 3 aromatic rings. The number of hydrogen-bond donors (Lipinski definition) is 0. The Morgan fingerprint density at radius 3 is 2.88 bits per heavy atom. The number of thiophene rings is 1. The molecule has 1 aromatic carbocycles. The number of thiazole rings is 1. The predicted octanol–water partition coefficient (Wildman–Crippen LogP) is 4.92. The monoisotopic (exact) mass is 384 g/mol. The van der Waals surface area contributed by atoms with Gasteiger partial charge in [-0.05, 0) is 36.6 Å². The molecule has 1 amide bonds. The average molecular weight is 385 g/mol. The van der Waals surface area contributed by atoms with Crippen molar-refractivity contribution in [2.24, 2.45) is 0 Å². The Labute approximate surface area is 161 Å². The summed E-state index contributed by atoms with van der Waals surface area (Å²) in [6.45, 7) is 7.21. The topological polar surface area (TPSA) is 42.4 Å². The minimum absolute atomic E-state index is 0.0340. The minimum Gasteiger partial charge on any atom is -0.487 e. The molecule has 2 aromatic heterocycles. The maximum Gasteiger partial charge on any atom is 0.254 e. The molecular formula is C20H20N2O2S2. The van der Waals surface area contributed by atoms with Crippen LogP contribution in [0.15, 0.2) is 59.8 Å². The van der Waals surface area contributed by atoms with Crippen molar-refractivity contribution in [3.05, 3.63) is 81.0 Å². The van der Waals surface area contributed by atoms with Gasteiger partial charge < -0.3 is 9.64 Å². The van der Waals surface area contributed by atoms with Gasteiger partial charge in [-0.15, -0.1) is 29.3 Å². The molecule has 0 radical (unpaired) electrons. The summed E-state index contributed by atoms with van der Waals surface area (Å²) in [6, 6.07) is 11.3. The Morgan fingerprint density at radius 2 is 2.19 bits per heavy atom. The number of rotatable bonds is 8. The highest BCUT2D eigenvalue weighted by atomic mass is 32.1. The van der Waals surface area contributed by atoms with Crippen LogP contribution in [0.4, 0.5) is 0 Å². The molecule has 134 valence electrons. The molecule has 0 aliphatic rings. The lowest BCUT2D eigenvalue weighted by molar-refractivity contribution is 0.0763. The van der Waals surface area contributed by atoms with Crippen molar-refractivity contribution < 1.29 is 9.53 Å². The molecule has 0 unspecified atom stereocenters. The van der Waals surface area contributed by atoms with E-state index in [9.17, 15) is 4.79 Å². The lowest BCUT2D eigenvalue weighted by Crippen LogP contribution is -2.30. The van der Waals surface area contributed by atoms with Gasteiger partial charge in [-0.25, -0.2) is 4.98 Å². The first-order valence-corrected chi connectivity index (χ1v) is 9.98. The standard InChI is InChI=1S/C20H20N2O2S2/c1-3-9-22(12-19-8-5-10-25-19)20(23)16-6-4-7-18(11-16)24-13-17-14-26-15(2)21-17/h3-8,10-11,14H,1,9,12-13H2,2H3. The van der Waals surface area contributed by atoms with Crippen molar-refractivity contribution in [1.29, 1.82) is 0 Å². The van der Waals surface area contributed by atoms with E-state index in [4.69, 9.17) is 4.74 Å². The highest BCUT2D eigenvalue weighted by Gasteiger charge is 2.16. The molecule has 0 N–H and O–H groups in total. The van der Waals surface area contributed by atoms with Crippen LogP contribution in [0.3, 0.4) is 0 Å². The third-order valence-corrected chi connectivity index (χ3v) is 5.38. The van der Waals surface area contributed by atoms with Crippen molar-refractivity contribution in [3.8, 4) is 5.75 Å². The van der Waals surface area contributed by atoms with Crippen LogP contribution in [-0.4, -0.2) is 22.3 Å². The van der Waals surface area contributed by atoms with Crippen molar-refractivity contribution >= 4 is 28.6 Å². The van der Waals surface area contributed by atoms with Crippen LogP contribution < -0.4 is 4.74 Å². The smallest absolute Gasteiger partial charge is 0.254 e. The second-order valence-corrected chi connectivity index (χ2v) is 7.82. The van der Waals surface area contributed by atoms with Crippen molar-refractivity contribution in [3.63, 3.8) is 0 Å². The van der Waals surface area contributed by atoms with Gasteiger partial charge in [0.1, 0.15) is 12.4 Å². The first-order valence-electron chi connectivity index (χ1n) is 8.22. The summed E-state index contributed by atoms with van der Waals surface area (Å²) in [5.41, 5.74) is 1.51.